The molecule has 1 aromatic rings. The fraction of sp³-hybridized carbons (Fsp3) is 0.167. The van der Waals surface area contributed by atoms with Crippen molar-refractivity contribution in [3.63, 3.8) is 0 Å². The lowest BCUT2D eigenvalue weighted by molar-refractivity contribution is 0.150. The van der Waals surface area contributed by atoms with Crippen molar-refractivity contribution in [2.75, 3.05) is 5.73 Å². The summed E-state index contributed by atoms with van der Waals surface area (Å²) in [6, 6.07) is 0. The SMILES string of the molecule is Nc1ncc(Br)c(C(F)F)c1Cl. The highest BCUT2D eigenvalue weighted by atomic mass is 79.9. The molecule has 0 aliphatic carbocycles. The first-order valence-corrected chi connectivity index (χ1v) is 4.08. The first-order chi connectivity index (χ1) is 5.54. The quantitative estimate of drug-likeness (QED) is 0.840. The number of rotatable bonds is 1. The standard InChI is InChI=1S/C6H4BrClF2N2/c7-2-1-12-6(11)4(8)3(2)5(9)10/h1,5H,(H2,11,12). The van der Waals surface area contributed by atoms with Crippen molar-refractivity contribution in [1.29, 1.82) is 0 Å². The maximum atomic E-state index is 12.3. The van der Waals surface area contributed by atoms with Crippen molar-refractivity contribution >= 4 is 33.3 Å². The van der Waals surface area contributed by atoms with Gasteiger partial charge in [-0.25, -0.2) is 13.8 Å². The summed E-state index contributed by atoms with van der Waals surface area (Å²) in [6.45, 7) is 0. The summed E-state index contributed by atoms with van der Waals surface area (Å²) in [5.74, 6) is -0.0878. The second-order valence-electron chi connectivity index (χ2n) is 2.02. The predicted octanol–water partition coefficient (Wildman–Crippen LogP) is 3.02. The smallest absolute Gasteiger partial charge is 0.266 e. The highest BCUT2D eigenvalue weighted by Gasteiger charge is 2.18. The maximum absolute atomic E-state index is 12.3. The van der Waals surface area contributed by atoms with Crippen LogP contribution in [0.3, 0.4) is 0 Å². The monoisotopic (exact) mass is 256 g/mol. The zero-order chi connectivity index (χ0) is 9.30. The number of hydrogen-bond donors (Lipinski definition) is 1. The van der Waals surface area contributed by atoms with Gasteiger partial charge in [-0.2, -0.15) is 0 Å². The lowest BCUT2D eigenvalue weighted by Crippen LogP contribution is -1.97. The van der Waals surface area contributed by atoms with Gasteiger partial charge >= 0.3 is 0 Å². The average Bonchev–Trinajstić information content (AvgIpc) is 1.97. The molecular weight excluding hydrogens is 253 g/mol. The van der Waals surface area contributed by atoms with Crippen LogP contribution in [0.1, 0.15) is 12.0 Å². The van der Waals surface area contributed by atoms with Crippen molar-refractivity contribution in [2.45, 2.75) is 6.43 Å². The van der Waals surface area contributed by atoms with E-state index in [9.17, 15) is 8.78 Å². The average molecular weight is 257 g/mol. The van der Waals surface area contributed by atoms with E-state index < -0.39 is 6.43 Å². The first kappa shape index (κ1) is 9.67. The minimum atomic E-state index is -2.66. The topological polar surface area (TPSA) is 38.9 Å². The van der Waals surface area contributed by atoms with Crippen LogP contribution in [0.25, 0.3) is 0 Å². The molecule has 0 spiro atoms. The molecule has 0 radical (unpaired) electrons. The van der Waals surface area contributed by atoms with E-state index in [1.54, 1.807) is 0 Å². The Balaban J connectivity index is 3.33. The molecule has 0 saturated heterocycles. The van der Waals surface area contributed by atoms with Crippen LogP contribution in [0.15, 0.2) is 10.7 Å². The molecule has 0 atom stereocenters. The molecule has 2 nitrogen and oxygen atoms in total. The van der Waals surface area contributed by atoms with E-state index in [2.05, 4.69) is 20.9 Å². The Labute approximate surface area is 80.9 Å². The van der Waals surface area contributed by atoms with Gasteiger partial charge in [0.1, 0.15) is 5.82 Å². The normalized spacial score (nSPS) is 10.8. The van der Waals surface area contributed by atoms with Gasteiger partial charge < -0.3 is 5.73 Å². The molecule has 2 N–H and O–H groups in total. The van der Waals surface area contributed by atoms with E-state index in [1.807, 2.05) is 0 Å². The van der Waals surface area contributed by atoms with Gasteiger partial charge in [0, 0.05) is 10.7 Å². The van der Waals surface area contributed by atoms with Crippen molar-refractivity contribution in [1.82, 2.24) is 4.98 Å². The number of nitrogen functional groups attached to an aromatic ring is 1. The van der Waals surface area contributed by atoms with E-state index in [0.29, 0.717) is 0 Å². The van der Waals surface area contributed by atoms with E-state index in [-0.39, 0.29) is 20.9 Å². The molecule has 0 aliphatic heterocycles. The molecule has 0 fully saturated rings. The minimum absolute atomic E-state index is 0.0878. The molecule has 12 heavy (non-hydrogen) atoms. The predicted molar refractivity (Wildman–Crippen MR) is 46.3 cm³/mol. The van der Waals surface area contributed by atoms with Crippen molar-refractivity contribution in [2.24, 2.45) is 0 Å². The Morgan fingerprint density at radius 1 is 1.58 bits per heavy atom. The fourth-order valence-electron chi connectivity index (χ4n) is 0.695. The molecule has 0 aromatic carbocycles. The summed E-state index contributed by atoms with van der Waals surface area (Å²) in [7, 11) is 0. The van der Waals surface area contributed by atoms with Gasteiger partial charge in [0.25, 0.3) is 6.43 Å². The molecule has 0 unspecified atom stereocenters. The van der Waals surface area contributed by atoms with Crippen LogP contribution >= 0.6 is 27.5 Å². The Bertz CT molecular complexity index is 306. The van der Waals surface area contributed by atoms with Gasteiger partial charge in [-0.1, -0.05) is 11.6 Å². The third-order valence-corrected chi connectivity index (χ3v) is 2.28. The largest absolute Gasteiger partial charge is 0.382 e. The number of halogens is 4. The number of hydrogen-bond acceptors (Lipinski definition) is 2. The lowest BCUT2D eigenvalue weighted by atomic mass is 10.3. The number of nitrogens with two attached hydrogens (primary N) is 1. The lowest BCUT2D eigenvalue weighted by Gasteiger charge is -2.06. The third-order valence-electron chi connectivity index (χ3n) is 1.25. The molecule has 0 bridgehead atoms. The number of aromatic nitrogens is 1. The zero-order valence-corrected chi connectivity index (χ0v) is 8.03. The summed E-state index contributed by atoms with van der Waals surface area (Å²) in [6.07, 6.45) is -1.46. The molecule has 0 amide bonds. The van der Waals surface area contributed by atoms with Crippen molar-refractivity contribution in [3.8, 4) is 0 Å². The van der Waals surface area contributed by atoms with E-state index in [0.717, 1.165) is 0 Å². The number of anilines is 1. The molecule has 0 saturated carbocycles. The first-order valence-electron chi connectivity index (χ1n) is 2.91. The number of alkyl halides is 2. The molecule has 1 aromatic heterocycles. The fourth-order valence-corrected chi connectivity index (χ4v) is 1.52. The van der Waals surface area contributed by atoms with Crippen LogP contribution in [-0.4, -0.2) is 4.98 Å². The Hall–Kier alpha value is -0.420. The molecule has 66 valence electrons. The van der Waals surface area contributed by atoms with E-state index in [4.69, 9.17) is 17.3 Å². The highest BCUT2D eigenvalue weighted by Crippen LogP contribution is 2.35. The van der Waals surface area contributed by atoms with Gasteiger partial charge in [0.05, 0.1) is 10.6 Å². The van der Waals surface area contributed by atoms with E-state index in [1.165, 1.54) is 6.20 Å². The summed E-state index contributed by atoms with van der Waals surface area (Å²) in [5, 5.41) is -0.195. The Morgan fingerprint density at radius 3 is 2.58 bits per heavy atom. The number of pyridine rings is 1. The molecule has 1 rings (SSSR count). The minimum Gasteiger partial charge on any atom is -0.382 e. The third kappa shape index (κ3) is 1.67. The van der Waals surface area contributed by atoms with Crippen LogP contribution in [0, 0.1) is 0 Å². The molecular formula is C6H4BrClF2N2. The second-order valence-corrected chi connectivity index (χ2v) is 3.25. The zero-order valence-electron chi connectivity index (χ0n) is 5.69. The second kappa shape index (κ2) is 3.53. The van der Waals surface area contributed by atoms with Gasteiger partial charge in [-0.15, -0.1) is 0 Å². The molecule has 1 heterocycles. The maximum Gasteiger partial charge on any atom is 0.266 e. The van der Waals surface area contributed by atoms with Gasteiger partial charge in [-0.05, 0) is 15.9 Å². The summed E-state index contributed by atoms with van der Waals surface area (Å²) in [4.78, 5) is 3.59. The van der Waals surface area contributed by atoms with Crippen LogP contribution < -0.4 is 5.73 Å². The van der Waals surface area contributed by atoms with Gasteiger partial charge in [0.2, 0.25) is 0 Å². The highest BCUT2D eigenvalue weighted by molar-refractivity contribution is 9.10. The van der Waals surface area contributed by atoms with Crippen LogP contribution in [-0.2, 0) is 0 Å². The van der Waals surface area contributed by atoms with Crippen LogP contribution in [0.5, 0.6) is 0 Å². The van der Waals surface area contributed by atoms with Gasteiger partial charge in [0.15, 0.2) is 0 Å². The molecule has 6 heteroatoms. The van der Waals surface area contributed by atoms with Crippen LogP contribution in [0.4, 0.5) is 14.6 Å². The van der Waals surface area contributed by atoms with E-state index >= 15 is 0 Å². The van der Waals surface area contributed by atoms with Crippen LogP contribution in [0.2, 0.25) is 5.02 Å². The van der Waals surface area contributed by atoms with Gasteiger partial charge in [-0.3, -0.25) is 0 Å². The Morgan fingerprint density at radius 2 is 2.17 bits per heavy atom. The number of nitrogens with zero attached hydrogens (tertiary/aromatic N) is 1. The summed E-state index contributed by atoms with van der Waals surface area (Å²) >= 11 is 8.40. The summed E-state index contributed by atoms with van der Waals surface area (Å²) in [5.41, 5.74) is 4.91. The van der Waals surface area contributed by atoms with Crippen molar-refractivity contribution in [3.05, 3.63) is 21.3 Å². The molecule has 0 aliphatic rings. The van der Waals surface area contributed by atoms with Crippen molar-refractivity contribution < 1.29 is 8.78 Å². The summed E-state index contributed by atoms with van der Waals surface area (Å²) < 4.78 is 24.7. The Kier molecular flexibility index (Phi) is 2.85.